The van der Waals surface area contributed by atoms with E-state index >= 15 is 0 Å². The predicted octanol–water partition coefficient (Wildman–Crippen LogP) is 18.8. The second kappa shape index (κ2) is 33.8. The van der Waals surface area contributed by atoms with Gasteiger partial charge in [0, 0.05) is 22.3 Å². The Hall–Kier alpha value is -1.82. The first kappa shape index (κ1) is 52.3. The molecule has 0 amide bonds. The minimum atomic E-state index is 1.04. The molecule has 0 aromatic heterocycles. The van der Waals surface area contributed by atoms with E-state index in [9.17, 15) is 5.53 Å². The summed E-state index contributed by atoms with van der Waals surface area (Å²) in [5, 5.41) is 0. The van der Waals surface area contributed by atoms with Crippen molar-refractivity contribution in [1.82, 2.24) is 0 Å². The van der Waals surface area contributed by atoms with Gasteiger partial charge in [-0.05, 0) is 124 Å². The maximum absolute atomic E-state index is 12.6. The van der Waals surface area contributed by atoms with Gasteiger partial charge in [0.1, 0.15) is 0 Å². The molecule has 2 nitrogen and oxygen atoms in total. The van der Waals surface area contributed by atoms with Crippen LogP contribution >= 0.6 is 0 Å². The SMILES string of the molecule is CCCCCCCCC1=C(c2cc(CCCC)cc(CCCC)c2)[N+](=[N-])C(c2cc(CCCCC)cc(CCCCC)c2)=C1CCCCC.CCC[CH2][Pd][CH2]CCC. The topological polar surface area (TPSA) is 25.3 Å². The van der Waals surface area contributed by atoms with E-state index in [1.807, 2.05) is 0 Å². The Kier molecular flexibility index (Phi) is 30.5. The van der Waals surface area contributed by atoms with Crippen molar-refractivity contribution in [1.29, 1.82) is 0 Å². The molecule has 0 saturated heterocycles. The van der Waals surface area contributed by atoms with Crippen LogP contribution in [0.3, 0.4) is 0 Å². The van der Waals surface area contributed by atoms with Crippen LogP contribution < -0.4 is 0 Å². The molecular formula is C55H92N2Pd. The number of nitrogens with zero attached hydrogens (tertiary/aromatic N) is 2. The number of hydrogen-bond donors (Lipinski definition) is 0. The van der Waals surface area contributed by atoms with E-state index in [-0.39, 0.29) is 0 Å². The van der Waals surface area contributed by atoms with Gasteiger partial charge in [-0.2, -0.15) is 0 Å². The molecule has 2 aromatic rings. The van der Waals surface area contributed by atoms with Crippen molar-refractivity contribution in [3.63, 3.8) is 0 Å². The average molecular weight is 888 g/mol. The van der Waals surface area contributed by atoms with E-state index < -0.39 is 0 Å². The Bertz CT molecular complexity index is 1390. The second-order valence-corrected chi connectivity index (χ2v) is 19.7. The summed E-state index contributed by atoms with van der Waals surface area (Å²) in [6.45, 7) is 18.3. The van der Waals surface area contributed by atoms with Crippen LogP contribution in [0.5, 0.6) is 0 Å². The monoisotopic (exact) mass is 887 g/mol. The summed E-state index contributed by atoms with van der Waals surface area (Å²) < 4.78 is 1.68. The fraction of sp³-hybridized carbons (Fsp3) is 0.709. The van der Waals surface area contributed by atoms with Crippen molar-refractivity contribution in [3.8, 4) is 0 Å². The quantitative estimate of drug-likeness (QED) is 0.0388. The summed E-state index contributed by atoms with van der Waals surface area (Å²) in [6, 6.07) is 14.7. The Morgan fingerprint density at radius 2 is 0.638 bits per heavy atom. The van der Waals surface area contributed by atoms with Crippen LogP contribution in [-0.4, -0.2) is 4.70 Å². The zero-order valence-electron chi connectivity index (χ0n) is 39.6. The van der Waals surface area contributed by atoms with Crippen LogP contribution in [0.15, 0.2) is 47.5 Å². The normalized spacial score (nSPS) is 12.9. The molecule has 1 aliphatic heterocycles. The van der Waals surface area contributed by atoms with E-state index in [0.717, 1.165) is 67.9 Å². The van der Waals surface area contributed by atoms with Crippen LogP contribution in [0.2, 0.25) is 9.79 Å². The van der Waals surface area contributed by atoms with Gasteiger partial charge < -0.3 is 5.53 Å². The van der Waals surface area contributed by atoms with Crippen molar-refractivity contribution in [2.24, 2.45) is 0 Å². The number of hydrogen-bond acceptors (Lipinski definition) is 0. The molecule has 0 bridgehead atoms. The fourth-order valence-electron chi connectivity index (χ4n) is 8.18. The summed E-state index contributed by atoms with van der Waals surface area (Å²) in [4.78, 5) is 3.01. The Morgan fingerprint density at radius 1 is 0.345 bits per heavy atom. The van der Waals surface area contributed by atoms with Gasteiger partial charge in [0.05, 0.1) is 0 Å². The van der Waals surface area contributed by atoms with Crippen LogP contribution in [0.4, 0.5) is 0 Å². The van der Waals surface area contributed by atoms with Crippen molar-refractivity contribution in [2.45, 2.75) is 251 Å². The van der Waals surface area contributed by atoms with Gasteiger partial charge in [0.2, 0.25) is 11.4 Å². The molecule has 0 spiro atoms. The van der Waals surface area contributed by atoms with Crippen LogP contribution in [-0.2, 0) is 43.7 Å². The molecule has 0 atom stereocenters. The Balaban J connectivity index is 0.00000115. The predicted molar refractivity (Wildman–Crippen MR) is 256 cm³/mol. The molecular weight excluding hydrogens is 795 g/mol. The average Bonchev–Trinajstić information content (AvgIpc) is 3.51. The number of aryl methyl sites for hydroxylation is 4. The third-order valence-corrected chi connectivity index (χ3v) is 14.0. The molecule has 0 aliphatic carbocycles. The van der Waals surface area contributed by atoms with Crippen molar-refractivity contribution >= 4 is 11.4 Å². The number of unbranched alkanes of at least 4 members (excludes halogenated alkanes) is 15. The van der Waals surface area contributed by atoms with Gasteiger partial charge >= 0.3 is 67.3 Å². The van der Waals surface area contributed by atoms with Gasteiger partial charge in [0.15, 0.2) is 0 Å². The summed E-state index contributed by atoms with van der Waals surface area (Å²) in [7, 11) is 0. The summed E-state index contributed by atoms with van der Waals surface area (Å²) in [5.41, 5.74) is 25.8. The molecule has 3 heteroatoms. The van der Waals surface area contributed by atoms with E-state index in [1.165, 1.54) is 202 Å². The van der Waals surface area contributed by atoms with Gasteiger partial charge in [-0.3, -0.25) is 0 Å². The first-order chi connectivity index (χ1) is 28.4. The minimum absolute atomic E-state index is 1.04. The van der Waals surface area contributed by atoms with Gasteiger partial charge in [0.25, 0.3) is 0 Å². The summed E-state index contributed by atoms with van der Waals surface area (Å²) >= 11 is 1.07. The Labute approximate surface area is 370 Å². The zero-order valence-corrected chi connectivity index (χ0v) is 41.1. The molecule has 2 aromatic carbocycles. The molecule has 0 radical (unpaired) electrons. The summed E-state index contributed by atoms with van der Waals surface area (Å²) in [6.07, 6.45) is 35.9. The third-order valence-electron chi connectivity index (χ3n) is 11.8. The zero-order chi connectivity index (χ0) is 42.2. The molecule has 1 heterocycles. The van der Waals surface area contributed by atoms with E-state index in [4.69, 9.17) is 0 Å². The molecule has 0 N–H and O–H groups in total. The molecule has 332 valence electrons. The van der Waals surface area contributed by atoms with Gasteiger partial charge in [-0.15, -0.1) is 0 Å². The summed E-state index contributed by atoms with van der Waals surface area (Å²) in [5.74, 6) is 0. The van der Waals surface area contributed by atoms with Gasteiger partial charge in [-0.1, -0.05) is 137 Å². The van der Waals surface area contributed by atoms with E-state index in [2.05, 4.69) is 91.8 Å². The van der Waals surface area contributed by atoms with Crippen molar-refractivity contribution in [3.05, 3.63) is 86.5 Å². The molecule has 0 saturated carbocycles. The van der Waals surface area contributed by atoms with Crippen LogP contribution in [0, 0.1) is 0 Å². The third kappa shape index (κ3) is 20.2. The first-order valence-corrected chi connectivity index (χ1v) is 27.3. The standard InChI is InChI=1S/C47H74N2.2C4H9.Pd/c1-7-13-19-20-21-25-31-45-44(30-24-16-10-4)46(43-36-40(28-22-14-8-2)33-41(37-43)29-23-15-9-3)49(48)47(45)42-34-38(26-17-11-5)32-39(35-42)27-18-12-6;2*1-3-4-2;/h32-37H,7-31H2,1-6H3;2*1,3-4H2,2H3;. The van der Waals surface area contributed by atoms with Crippen molar-refractivity contribution in [2.75, 3.05) is 0 Å². The molecule has 1 aliphatic rings. The number of benzene rings is 2. The Morgan fingerprint density at radius 3 is 1.02 bits per heavy atom. The van der Waals surface area contributed by atoms with E-state index in [1.54, 1.807) is 4.70 Å². The molecule has 58 heavy (non-hydrogen) atoms. The van der Waals surface area contributed by atoms with E-state index in [0.29, 0.717) is 0 Å². The molecule has 0 unspecified atom stereocenters. The molecule has 3 rings (SSSR count). The number of rotatable bonds is 33. The maximum atomic E-state index is 12.6. The second-order valence-electron chi connectivity index (χ2n) is 17.3. The van der Waals surface area contributed by atoms with Crippen LogP contribution in [0.1, 0.15) is 249 Å². The number of allylic oxidation sites excluding steroid dienone is 2. The molecule has 0 fully saturated rings. The fourth-order valence-corrected chi connectivity index (χ4v) is 10.4. The van der Waals surface area contributed by atoms with Crippen molar-refractivity contribution < 1.29 is 22.7 Å². The van der Waals surface area contributed by atoms with Crippen LogP contribution in [0.25, 0.3) is 16.9 Å². The van der Waals surface area contributed by atoms with Gasteiger partial charge in [-0.25, -0.2) is 4.70 Å². The first-order valence-electron chi connectivity index (χ1n) is 25.1.